The summed E-state index contributed by atoms with van der Waals surface area (Å²) in [6.07, 6.45) is 0.621. The lowest BCUT2D eigenvalue weighted by Gasteiger charge is -2.01. The second kappa shape index (κ2) is 4.13. The third kappa shape index (κ3) is 2.95. The van der Waals surface area contributed by atoms with Gasteiger partial charge in [-0.3, -0.25) is 9.59 Å². The lowest BCUT2D eigenvalue weighted by molar-refractivity contribution is -0.114. The van der Waals surface area contributed by atoms with E-state index in [1.165, 1.54) is 6.92 Å². The number of aldehydes is 1. The lowest BCUT2D eigenvalue weighted by Crippen LogP contribution is -2.08. The third-order valence-electron chi connectivity index (χ3n) is 1.23. The monoisotopic (exact) mass is 242 g/mol. The molecule has 0 aliphatic rings. The van der Waals surface area contributed by atoms with Crippen molar-refractivity contribution in [2.45, 2.75) is 6.92 Å². The maximum absolute atomic E-state index is 10.7. The van der Waals surface area contributed by atoms with Crippen molar-refractivity contribution >= 4 is 33.9 Å². The fourth-order valence-corrected chi connectivity index (χ4v) is 1.27. The number of pyridine rings is 1. The SMILES string of the molecule is CC(=O)Nc1cc(Br)cc(C=O)n1. The van der Waals surface area contributed by atoms with Crippen molar-refractivity contribution in [3.05, 3.63) is 22.3 Å². The molecule has 0 saturated carbocycles. The van der Waals surface area contributed by atoms with Crippen molar-refractivity contribution in [2.75, 3.05) is 5.32 Å². The van der Waals surface area contributed by atoms with Crippen LogP contribution in [0.25, 0.3) is 0 Å². The molecular formula is C8H7BrN2O2. The molecule has 0 aromatic carbocycles. The quantitative estimate of drug-likeness (QED) is 0.803. The molecule has 1 N–H and O–H groups in total. The number of anilines is 1. The van der Waals surface area contributed by atoms with Crippen LogP contribution in [0.5, 0.6) is 0 Å². The van der Waals surface area contributed by atoms with Crippen LogP contribution in [0.4, 0.5) is 5.82 Å². The number of hydrogen-bond donors (Lipinski definition) is 1. The van der Waals surface area contributed by atoms with E-state index in [4.69, 9.17) is 0 Å². The number of halogens is 1. The maximum Gasteiger partial charge on any atom is 0.222 e. The average molecular weight is 243 g/mol. The van der Waals surface area contributed by atoms with Crippen LogP contribution >= 0.6 is 15.9 Å². The van der Waals surface area contributed by atoms with Crippen molar-refractivity contribution in [3.63, 3.8) is 0 Å². The lowest BCUT2D eigenvalue weighted by atomic mass is 10.3. The number of nitrogens with zero attached hydrogens (tertiary/aromatic N) is 1. The fraction of sp³-hybridized carbons (Fsp3) is 0.125. The summed E-state index contributed by atoms with van der Waals surface area (Å²) in [5.41, 5.74) is 0.276. The molecule has 0 aliphatic carbocycles. The first-order chi connectivity index (χ1) is 6.11. The van der Waals surface area contributed by atoms with Gasteiger partial charge in [-0.2, -0.15) is 0 Å². The highest BCUT2D eigenvalue weighted by Crippen LogP contribution is 2.14. The number of hydrogen-bond acceptors (Lipinski definition) is 3. The summed E-state index contributed by atoms with van der Waals surface area (Å²) in [4.78, 5) is 24.9. The van der Waals surface area contributed by atoms with Gasteiger partial charge >= 0.3 is 0 Å². The van der Waals surface area contributed by atoms with Crippen molar-refractivity contribution < 1.29 is 9.59 Å². The van der Waals surface area contributed by atoms with Crippen molar-refractivity contribution in [1.82, 2.24) is 4.98 Å². The van der Waals surface area contributed by atoms with E-state index < -0.39 is 0 Å². The first-order valence-corrected chi connectivity index (χ1v) is 4.31. The molecule has 1 aromatic heterocycles. The largest absolute Gasteiger partial charge is 0.311 e. The highest BCUT2D eigenvalue weighted by molar-refractivity contribution is 9.10. The minimum absolute atomic E-state index is 0.220. The van der Waals surface area contributed by atoms with Crippen LogP contribution in [0.3, 0.4) is 0 Å². The molecule has 68 valence electrons. The molecule has 1 heterocycles. The van der Waals surface area contributed by atoms with Gasteiger partial charge in [0.25, 0.3) is 0 Å². The maximum atomic E-state index is 10.7. The number of rotatable bonds is 2. The van der Waals surface area contributed by atoms with Gasteiger partial charge in [0.05, 0.1) is 0 Å². The Morgan fingerprint density at radius 2 is 2.31 bits per heavy atom. The first kappa shape index (κ1) is 9.85. The highest BCUT2D eigenvalue weighted by Gasteiger charge is 2.01. The van der Waals surface area contributed by atoms with Gasteiger partial charge in [0.1, 0.15) is 11.5 Å². The highest BCUT2D eigenvalue weighted by atomic mass is 79.9. The Bertz CT molecular complexity index is 352. The second-order valence-electron chi connectivity index (χ2n) is 2.39. The van der Waals surface area contributed by atoms with Crippen molar-refractivity contribution in [2.24, 2.45) is 0 Å². The van der Waals surface area contributed by atoms with Gasteiger partial charge in [0.2, 0.25) is 5.91 Å². The molecule has 0 atom stereocenters. The molecule has 0 unspecified atom stereocenters. The molecule has 0 spiro atoms. The number of nitrogens with one attached hydrogen (secondary N) is 1. The molecule has 1 amide bonds. The molecule has 0 radical (unpaired) electrons. The molecular weight excluding hydrogens is 236 g/mol. The first-order valence-electron chi connectivity index (χ1n) is 3.52. The van der Waals surface area contributed by atoms with E-state index in [1.54, 1.807) is 12.1 Å². The molecule has 1 aromatic rings. The predicted molar refractivity (Wildman–Crippen MR) is 51.6 cm³/mol. The molecule has 0 fully saturated rings. The zero-order valence-electron chi connectivity index (χ0n) is 6.87. The van der Waals surface area contributed by atoms with Gasteiger partial charge < -0.3 is 5.32 Å². The van der Waals surface area contributed by atoms with Crippen LogP contribution in [0.2, 0.25) is 0 Å². The summed E-state index contributed by atoms with van der Waals surface area (Å²) in [5, 5.41) is 2.48. The summed E-state index contributed by atoms with van der Waals surface area (Å²) < 4.78 is 0.702. The van der Waals surface area contributed by atoms with Crippen LogP contribution in [-0.2, 0) is 4.79 Å². The van der Waals surface area contributed by atoms with Crippen LogP contribution in [0.1, 0.15) is 17.4 Å². The van der Waals surface area contributed by atoms with E-state index >= 15 is 0 Å². The molecule has 0 bridgehead atoms. The minimum Gasteiger partial charge on any atom is -0.311 e. The van der Waals surface area contributed by atoms with Crippen molar-refractivity contribution in [1.29, 1.82) is 0 Å². The normalized spacial score (nSPS) is 9.38. The fourth-order valence-electron chi connectivity index (χ4n) is 0.822. The number of carbonyl (C=O) groups is 2. The Balaban J connectivity index is 3.01. The van der Waals surface area contributed by atoms with Crippen LogP contribution in [-0.4, -0.2) is 17.2 Å². The molecule has 0 aliphatic heterocycles. The predicted octanol–water partition coefficient (Wildman–Crippen LogP) is 1.61. The van der Waals surface area contributed by atoms with E-state index in [0.717, 1.165) is 0 Å². The van der Waals surface area contributed by atoms with Gasteiger partial charge in [0, 0.05) is 11.4 Å². The zero-order chi connectivity index (χ0) is 9.84. The Hall–Kier alpha value is -1.23. The third-order valence-corrected chi connectivity index (χ3v) is 1.69. The van der Waals surface area contributed by atoms with Gasteiger partial charge in [-0.05, 0) is 12.1 Å². The number of carbonyl (C=O) groups excluding carboxylic acids is 2. The minimum atomic E-state index is -0.220. The average Bonchev–Trinajstić information content (AvgIpc) is 2.01. The molecule has 4 nitrogen and oxygen atoms in total. The molecule has 0 saturated heterocycles. The zero-order valence-corrected chi connectivity index (χ0v) is 8.46. The Morgan fingerprint density at radius 3 is 2.85 bits per heavy atom. The molecule has 5 heteroatoms. The van der Waals surface area contributed by atoms with Gasteiger partial charge in [-0.1, -0.05) is 15.9 Å². The van der Waals surface area contributed by atoms with Gasteiger partial charge in [0.15, 0.2) is 6.29 Å². The van der Waals surface area contributed by atoms with E-state index in [1.807, 2.05) is 0 Å². The van der Waals surface area contributed by atoms with Crippen LogP contribution in [0, 0.1) is 0 Å². The van der Waals surface area contributed by atoms with E-state index in [0.29, 0.717) is 16.6 Å². The summed E-state index contributed by atoms with van der Waals surface area (Å²) in [5.74, 6) is 0.145. The van der Waals surface area contributed by atoms with E-state index in [-0.39, 0.29) is 11.6 Å². The van der Waals surface area contributed by atoms with Gasteiger partial charge in [-0.15, -0.1) is 0 Å². The molecule has 1 rings (SSSR count). The van der Waals surface area contributed by atoms with Crippen LogP contribution < -0.4 is 5.32 Å². The summed E-state index contributed by atoms with van der Waals surface area (Å²) >= 11 is 3.19. The Kier molecular flexibility index (Phi) is 3.13. The van der Waals surface area contributed by atoms with Gasteiger partial charge in [-0.25, -0.2) is 4.98 Å². The molecule has 13 heavy (non-hydrogen) atoms. The summed E-state index contributed by atoms with van der Waals surface area (Å²) in [7, 11) is 0. The second-order valence-corrected chi connectivity index (χ2v) is 3.31. The Labute approximate surface area is 83.5 Å². The standard InChI is InChI=1S/C8H7BrN2O2/c1-5(13)10-8-3-6(9)2-7(4-12)11-8/h2-4H,1H3,(H,10,11,13). The van der Waals surface area contributed by atoms with E-state index in [2.05, 4.69) is 26.2 Å². The Morgan fingerprint density at radius 1 is 1.62 bits per heavy atom. The van der Waals surface area contributed by atoms with Crippen LogP contribution in [0.15, 0.2) is 16.6 Å². The van der Waals surface area contributed by atoms with E-state index in [9.17, 15) is 9.59 Å². The number of aromatic nitrogens is 1. The smallest absolute Gasteiger partial charge is 0.222 e. The summed E-state index contributed by atoms with van der Waals surface area (Å²) in [6, 6.07) is 3.19. The summed E-state index contributed by atoms with van der Waals surface area (Å²) in [6.45, 7) is 1.38. The number of amides is 1. The topological polar surface area (TPSA) is 59.1 Å². The van der Waals surface area contributed by atoms with Crippen molar-refractivity contribution in [3.8, 4) is 0 Å².